The van der Waals surface area contributed by atoms with Gasteiger partial charge in [-0.2, -0.15) is 0 Å². The number of nitrogens with zero attached hydrogens (tertiary/aromatic N) is 2. The molecule has 0 spiro atoms. The van der Waals surface area contributed by atoms with Crippen LogP contribution in [-0.2, 0) is 6.54 Å². The van der Waals surface area contributed by atoms with E-state index in [1.54, 1.807) is 25.4 Å². The molecule has 6 nitrogen and oxygen atoms in total. The Bertz CT molecular complexity index is 866. The Morgan fingerprint density at radius 2 is 2.33 bits per heavy atom. The van der Waals surface area contributed by atoms with E-state index in [0.717, 1.165) is 4.47 Å². The second-order valence-electron chi connectivity index (χ2n) is 4.54. The first-order chi connectivity index (χ1) is 10.0. The summed E-state index contributed by atoms with van der Waals surface area (Å²) in [6, 6.07) is 3.50. The van der Waals surface area contributed by atoms with E-state index >= 15 is 0 Å². The molecule has 21 heavy (non-hydrogen) atoms. The summed E-state index contributed by atoms with van der Waals surface area (Å²) < 4.78 is 1.41. The van der Waals surface area contributed by atoms with Gasteiger partial charge in [0.15, 0.2) is 0 Å². The van der Waals surface area contributed by atoms with E-state index in [1.807, 2.05) is 5.38 Å². The lowest BCUT2D eigenvalue weighted by Gasteiger charge is -2.15. The number of halogens is 1. The summed E-state index contributed by atoms with van der Waals surface area (Å²) in [5.41, 5.74) is 0.957. The third-order valence-corrected chi connectivity index (χ3v) is 4.34. The summed E-state index contributed by atoms with van der Waals surface area (Å²) in [4.78, 5) is 35.5. The predicted octanol–water partition coefficient (Wildman–Crippen LogP) is 2.35. The Balaban J connectivity index is 1.84. The van der Waals surface area contributed by atoms with Gasteiger partial charge in [0, 0.05) is 17.7 Å². The maximum Gasteiger partial charge on any atom is 0.270 e. The standard InChI is InChI=1S/C13H11BrN4O2S/c1-18(13(20)9-4-7(14)5-15-9)6-10-16-8-2-3-21-11(8)12(19)17-10/h2-5,15H,6H2,1H3,(H,16,17,19). The van der Waals surface area contributed by atoms with Gasteiger partial charge in [0.05, 0.1) is 12.1 Å². The maximum absolute atomic E-state index is 12.2. The van der Waals surface area contributed by atoms with Crippen LogP contribution in [0.4, 0.5) is 0 Å². The van der Waals surface area contributed by atoms with Gasteiger partial charge in [0.2, 0.25) is 0 Å². The minimum Gasteiger partial charge on any atom is -0.356 e. The van der Waals surface area contributed by atoms with Gasteiger partial charge in [0.1, 0.15) is 16.2 Å². The average Bonchev–Trinajstić information content (AvgIpc) is 3.06. The van der Waals surface area contributed by atoms with Crippen LogP contribution in [-0.4, -0.2) is 32.8 Å². The molecule has 3 heterocycles. The molecule has 0 aliphatic carbocycles. The zero-order valence-electron chi connectivity index (χ0n) is 11.0. The summed E-state index contributed by atoms with van der Waals surface area (Å²) in [6.07, 6.45) is 1.69. The van der Waals surface area contributed by atoms with Crippen molar-refractivity contribution in [3.63, 3.8) is 0 Å². The van der Waals surface area contributed by atoms with E-state index in [9.17, 15) is 9.59 Å². The number of carbonyl (C=O) groups is 1. The fraction of sp³-hybridized carbons (Fsp3) is 0.154. The van der Waals surface area contributed by atoms with Crippen LogP contribution in [0.1, 0.15) is 16.3 Å². The Hall–Kier alpha value is -1.93. The summed E-state index contributed by atoms with van der Waals surface area (Å²) in [7, 11) is 1.66. The SMILES string of the molecule is CN(Cc1nc2ccsc2c(=O)[nH]1)C(=O)c1cc(Br)c[nH]1. The van der Waals surface area contributed by atoms with Gasteiger partial charge >= 0.3 is 0 Å². The van der Waals surface area contributed by atoms with Crippen molar-refractivity contribution in [2.45, 2.75) is 6.54 Å². The number of rotatable bonds is 3. The topological polar surface area (TPSA) is 81.8 Å². The van der Waals surface area contributed by atoms with Gasteiger partial charge < -0.3 is 14.9 Å². The van der Waals surface area contributed by atoms with E-state index in [-0.39, 0.29) is 18.0 Å². The van der Waals surface area contributed by atoms with Crippen LogP contribution >= 0.6 is 27.3 Å². The number of hydrogen-bond donors (Lipinski definition) is 2. The summed E-state index contributed by atoms with van der Waals surface area (Å²) in [5.74, 6) is 0.293. The summed E-state index contributed by atoms with van der Waals surface area (Å²) in [5, 5.41) is 1.82. The first kappa shape index (κ1) is 14.0. The fourth-order valence-corrected chi connectivity index (χ4v) is 3.06. The van der Waals surface area contributed by atoms with Crippen molar-refractivity contribution in [2.75, 3.05) is 7.05 Å². The lowest BCUT2D eigenvalue weighted by Crippen LogP contribution is -2.28. The van der Waals surface area contributed by atoms with Crippen LogP contribution in [0.25, 0.3) is 10.2 Å². The molecule has 0 saturated carbocycles. The number of hydrogen-bond acceptors (Lipinski definition) is 4. The van der Waals surface area contributed by atoms with Crippen molar-refractivity contribution in [1.29, 1.82) is 0 Å². The summed E-state index contributed by atoms with van der Waals surface area (Å²) in [6.45, 7) is 0.233. The third-order valence-electron chi connectivity index (χ3n) is 2.98. The highest BCUT2D eigenvalue weighted by Gasteiger charge is 2.15. The molecule has 0 aliphatic rings. The smallest absolute Gasteiger partial charge is 0.270 e. The zero-order chi connectivity index (χ0) is 15.0. The van der Waals surface area contributed by atoms with Gasteiger partial charge in [-0.25, -0.2) is 4.98 Å². The molecule has 0 aromatic carbocycles. The first-order valence-electron chi connectivity index (χ1n) is 6.10. The number of carbonyl (C=O) groups excluding carboxylic acids is 1. The van der Waals surface area contributed by atoms with Crippen molar-refractivity contribution in [2.24, 2.45) is 0 Å². The lowest BCUT2D eigenvalue weighted by molar-refractivity contribution is 0.0776. The Kier molecular flexibility index (Phi) is 3.64. The molecule has 0 atom stereocenters. The molecule has 3 aromatic heterocycles. The molecular weight excluding hydrogens is 356 g/mol. The van der Waals surface area contributed by atoms with Crippen LogP contribution in [0.5, 0.6) is 0 Å². The van der Waals surface area contributed by atoms with Crippen molar-refractivity contribution in [3.05, 3.63) is 50.1 Å². The van der Waals surface area contributed by atoms with Gasteiger partial charge in [-0.3, -0.25) is 9.59 Å². The molecule has 1 amide bonds. The highest BCUT2D eigenvalue weighted by molar-refractivity contribution is 9.10. The number of nitrogens with one attached hydrogen (secondary N) is 2. The van der Waals surface area contributed by atoms with Crippen LogP contribution < -0.4 is 5.56 Å². The molecule has 0 radical (unpaired) electrons. The van der Waals surface area contributed by atoms with E-state index in [4.69, 9.17) is 0 Å². The Labute approximate surface area is 132 Å². The largest absolute Gasteiger partial charge is 0.356 e. The van der Waals surface area contributed by atoms with Crippen LogP contribution in [0.2, 0.25) is 0 Å². The number of aromatic nitrogens is 3. The van der Waals surface area contributed by atoms with Crippen LogP contribution in [0.3, 0.4) is 0 Å². The van der Waals surface area contributed by atoms with Gasteiger partial charge in [-0.15, -0.1) is 11.3 Å². The highest BCUT2D eigenvalue weighted by atomic mass is 79.9. The number of fused-ring (bicyclic) bond motifs is 1. The molecule has 0 saturated heterocycles. The van der Waals surface area contributed by atoms with Gasteiger partial charge in [-0.05, 0) is 33.4 Å². The molecule has 0 fully saturated rings. The minimum absolute atomic E-state index is 0.172. The monoisotopic (exact) mass is 366 g/mol. The molecule has 0 bridgehead atoms. The fourth-order valence-electron chi connectivity index (χ4n) is 1.99. The summed E-state index contributed by atoms with van der Waals surface area (Å²) >= 11 is 4.64. The molecule has 3 aromatic rings. The third kappa shape index (κ3) is 2.77. The molecule has 2 N–H and O–H groups in total. The number of thiophene rings is 1. The number of amides is 1. The van der Waals surface area contributed by atoms with Crippen LogP contribution in [0, 0.1) is 0 Å². The van der Waals surface area contributed by atoms with E-state index < -0.39 is 0 Å². The second-order valence-corrected chi connectivity index (χ2v) is 6.37. The van der Waals surface area contributed by atoms with E-state index in [2.05, 4.69) is 30.9 Å². The van der Waals surface area contributed by atoms with Crippen molar-refractivity contribution in [1.82, 2.24) is 19.9 Å². The number of H-pyrrole nitrogens is 2. The Morgan fingerprint density at radius 3 is 3.05 bits per heavy atom. The second kappa shape index (κ2) is 5.45. The quantitative estimate of drug-likeness (QED) is 0.746. The maximum atomic E-state index is 12.2. The van der Waals surface area contributed by atoms with Crippen molar-refractivity contribution < 1.29 is 4.79 Å². The lowest BCUT2D eigenvalue weighted by atomic mass is 10.3. The first-order valence-corrected chi connectivity index (χ1v) is 7.77. The number of aromatic amines is 2. The average molecular weight is 367 g/mol. The molecular formula is C13H11BrN4O2S. The van der Waals surface area contributed by atoms with Crippen LogP contribution in [0.15, 0.2) is 33.0 Å². The molecule has 108 valence electrons. The molecule has 8 heteroatoms. The van der Waals surface area contributed by atoms with Gasteiger partial charge in [0.25, 0.3) is 11.5 Å². The minimum atomic E-state index is -0.173. The van der Waals surface area contributed by atoms with E-state index in [0.29, 0.717) is 21.7 Å². The Morgan fingerprint density at radius 1 is 1.52 bits per heavy atom. The predicted molar refractivity (Wildman–Crippen MR) is 84.5 cm³/mol. The van der Waals surface area contributed by atoms with Crippen molar-refractivity contribution in [3.8, 4) is 0 Å². The van der Waals surface area contributed by atoms with E-state index in [1.165, 1.54) is 16.2 Å². The molecule has 0 aliphatic heterocycles. The van der Waals surface area contributed by atoms with Crippen molar-refractivity contribution >= 4 is 43.4 Å². The molecule has 3 rings (SSSR count). The van der Waals surface area contributed by atoms with Gasteiger partial charge in [-0.1, -0.05) is 0 Å². The molecule has 0 unspecified atom stereocenters. The zero-order valence-corrected chi connectivity index (χ0v) is 13.4. The normalized spacial score (nSPS) is 11.0. The highest BCUT2D eigenvalue weighted by Crippen LogP contribution is 2.15.